The summed E-state index contributed by atoms with van der Waals surface area (Å²) in [7, 11) is 0. The van der Waals surface area contributed by atoms with Gasteiger partial charge in [0.05, 0.1) is 66.2 Å². The second-order valence-electron chi connectivity index (χ2n) is 30.7. The van der Waals surface area contributed by atoms with E-state index in [-0.39, 0.29) is 0 Å². The molecule has 0 amide bonds. The fourth-order valence-electron chi connectivity index (χ4n) is 19.3. The maximum Gasteiger partial charge on any atom is 0.146 e. The van der Waals surface area contributed by atoms with Crippen LogP contribution >= 0.6 is 0 Å². The van der Waals surface area contributed by atoms with Crippen LogP contribution in [0, 0.1) is 0 Å². The van der Waals surface area contributed by atoms with Gasteiger partial charge in [-0.25, -0.2) is 15.0 Å². The van der Waals surface area contributed by atoms with Gasteiger partial charge < -0.3 is 0 Å². The van der Waals surface area contributed by atoms with Crippen LogP contribution < -0.4 is 0 Å². The first-order chi connectivity index (χ1) is 58.0. The number of aromatic nitrogens is 9. The number of pyridine rings is 6. The van der Waals surface area contributed by atoms with Crippen LogP contribution in [-0.2, 0) is 0 Å². The van der Waals surface area contributed by atoms with Crippen molar-refractivity contribution in [3.63, 3.8) is 0 Å². The van der Waals surface area contributed by atoms with Gasteiger partial charge in [0.15, 0.2) is 0 Å². The number of imidazole rings is 3. The van der Waals surface area contributed by atoms with Crippen molar-refractivity contribution in [3.8, 4) is 33.4 Å². The average Bonchev–Trinajstić information content (AvgIpc) is 1.64. The molecule has 0 unspecified atom stereocenters. The average molecular weight is 1490 g/mol. The van der Waals surface area contributed by atoms with Gasteiger partial charge in [0.25, 0.3) is 0 Å². The lowest BCUT2D eigenvalue weighted by Crippen LogP contribution is -1.94. The van der Waals surface area contributed by atoms with Crippen LogP contribution in [0.1, 0.15) is 0 Å². The zero-order valence-corrected chi connectivity index (χ0v) is 62.9. The van der Waals surface area contributed by atoms with Gasteiger partial charge in [0.2, 0.25) is 0 Å². The molecule has 0 fully saturated rings. The van der Waals surface area contributed by atoms with E-state index in [1.165, 1.54) is 114 Å². The van der Waals surface area contributed by atoms with E-state index in [0.717, 1.165) is 132 Å². The highest BCUT2D eigenvalue weighted by Crippen LogP contribution is 2.46. The van der Waals surface area contributed by atoms with Crippen LogP contribution in [0.2, 0.25) is 0 Å². The molecule has 0 aliphatic rings. The van der Waals surface area contributed by atoms with Gasteiger partial charge in [-0.3, -0.25) is 28.2 Å². The molecule has 0 saturated carbocycles. The molecule has 0 aliphatic heterocycles. The molecule has 0 bridgehead atoms. The van der Waals surface area contributed by atoms with Gasteiger partial charge in [-0.1, -0.05) is 237 Å². The quantitative estimate of drug-likeness (QED) is 0.164. The third-order valence-electron chi connectivity index (χ3n) is 24.5. The lowest BCUT2D eigenvalue weighted by atomic mass is 9.92. The predicted molar refractivity (Wildman–Crippen MR) is 490 cm³/mol. The Balaban J connectivity index is 0.0000000980. The third-order valence-corrected chi connectivity index (χ3v) is 24.5. The fraction of sp³-hybridized carbons (Fsp3) is 0. The van der Waals surface area contributed by atoms with E-state index < -0.39 is 0 Å². The smallest absolute Gasteiger partial charge is 0.146 e. The summed E-state index contributed by atoms with van der Waals surface area (Å²) < 4.78 is 6.93. The zero-order valence-electron chi connectivity index (χ0n) is 62.9. The van der Waals surface area contributed by atoms with Crippen molar-refractivity contribution in [1.82, 2.24) is 43.1 Å². The molecule has 27 rings (SSSR count). The molecule has 9 nitrogen and oxygen atoms in total. The predicted octanol–water partition coefficient (Wildman–Crippen LogP) is 27.9. The Morgan fingerprint density at radius 3 is 0.752 bits per heavy atom. The molecule has 0 atom stereocenters. The summed E-state index contributed by atoms with van der Waals surface area (Å²) in [6, 6.07) is 131. The Morgan fingerprint density at radius 2 is 0.436 bits per heavy atom. The molecular formula is C108H63N9. The first-order valence-corrected chi connectivity index (χ1v) is 39.8. The molecule has 540 valence electrons. The number of hydrogen-bond donors (Lipinski definition) is 0. The number of hydrogen-bond acceptors (Lipinski definition) is 6. The minimum Gasteiger partial charge on any atom is -0.292 e. The molecule has 117 heavy (non-hydrogen) atoms. The standard InChI is InChI=1S/3C36H21N3/c3*1-2-10-25-23(8-1)20-29(27-12-4-3-11-26(25)27)24-16-18-32-30(21-24)34-28(17-15-22-9-7-19-37-35(22)34)36-38-31-13-5-6-14-33(31)39(32)36/h3*1-21H. The van der Waals surface area contributed by atoms with E-state index in [4.69, 9.17) is 29.9 Å². The normalized spacial score (nSPS) is 12.1. The Bertz CT molecular complexity index is 8180. The first kappa shape index (κ1) is 64.8. The number of fused-ring (bicyclic) bond motifs is 39. The van der Waals surface area contributed by atoms with Crippen LogP contribution in [0.25, 0.3) is 246 Å². The Labute approximate surface area is 667 Å². The number of nitrogens with zero attached hydrogens (tertiary/aromatic N) is 9. The van der Waals surface area contributed by atoms with Crippen molar-refractivity contribution in [3.05, 3.63) is 383 Å². The molecule has 0 saturated heterocycles. The molecule has 18 aromatic carbocycles. The van der Waals surface area contributed by atoms with Gasteiger partial charge in [-0.05, 0) is 225 Å². The summed E-state index contributed by atoms with van der Waals surface area (Å²) >= 11 is 0. The summed E-state index contributed by atoms with van der Waals surface area (Å²) in [4.78, 5) is 29.9. The van der Waals surface area contributed by atoms with Crippen molar-refractivity contribution in [1.29, 1.82) is 0 Å². The van der Waals surface area contributed by atoms with Gasteiger partial charge in [0, 0.05) is 83.2 Å². The van der Waals surface area contributed by atoms with Crippen LogP contribution in [0.5, 0.6) is 0 Å². The van der Waals surface area contributed by atoms with E-state index in [9.17, 15) is 0 Å². The van der Waals surface area contributed by atoms with Gasteiger partial charge >= 0.3 is 0 Å². The van der Waals surface area contributed by atoms with E-state index in [1.54, 1.807) is 0 Å². The van der Waals surface area contributed by atoms with E-state index in [1.807, 2.05) is 36.8 Å². The van der Waals surface area contributed by atoms with Crippen LogP contribution in [0.4, 0.5) is 0 Å². The van der Waals surface area contributed by atoms with Gasteiger partial charge in [0.1, 0.15) is 16.9 Å². The van der Waals surface area contributed by atoms with Crippen LogP contribution in [-0.4, -0.2) is 43.1 Å². The Kier molecular flexibility index (Phi) is 14.0. The lowest BCUT2D eigenvalue weighted by Gasteiger charge is -2.14. The topological polar surface area (TPSA) is 90.6 Å². The molecule has 9 heteroatoms. The van der Waals surface area contributed by atoms with Gasteiger partial charge in [-0.15, -0.1) is 0 Å². The van der Waals surface area contributed by atoms with Crippen LogP contribution in [0.3, 0.4) is 0 Å². The van der Waals surface area contributed by atoms with E-state index >= 15 is 0 Å². The van der Waals surface area contributed by atoms with Crippen molar-refractivity contribution in [2.24, 2.45) is 0 Å². The molecule has 27 aromatic rings. The molecule has 0 aliphatic carbocycles. The fourth-order valence-corrected chi connectivity index (χ4v) is 19.3. The molecule has 9 aromatic heterocycles. The van der Waals surface area contributed by atoms with Crippen molar-refractivity contribution < 1.29 is 0 Å². The third kappa shape index (κ3) is 9.78. The van der Waals surface area contributed by atoms with E-state index in [2.05, 4.69) is 359 Å². The highest BCUT2D eigenvalue weighted by atomic mass is 15.0. The highest BCUT2D eigenvalue weighted by Gasteiger charge is 2.23. The molecule has 9 heterocycles. The largest absolute Gasteiger partial charge is 0.292 e. The Hall–Kier alpha value is -15.8. The molecule has 0 radical (unpaired) electrons. The summed E-state index contributed by atoms with van der Waals surface area (Å²) in [6.07, 6.45) is 5.67. The van der Waals surface area contributed by atoms with Crippen molar-refractivity contribution in [2.75, 3.05) is 0 Å². The highest BCUT2D eigenvalue weighted by molar-refractivity contribution is 6.28. The number of benzene rings is 18. The molecule has 0 N–H and O–H groups in total. The Morgan fingerprint density at radius 1 is 0.171 bits per heavy atom. The molecule has 0 spiro atoms. The maximum absolute atomic E-state index is 5.09. The summed E-state index contributed by atoms with van der Waals surface area (Å²) in [5.41, 5.74) is 23.0. The first-order valence-electron chi connectivity index (χ1n) is 39.8. The zero-order chi connectivity index (χ0) is 76.5. The maximum atomic E-state index is 5.09. The lowest BCUT2D eigenvalue weighted by molar-refractivity contribution is 1.31. The second-order valence-corrected chi connectivity index (χ2v) is 30.7. The van der Waals surface area contributed by atoms with Crippen molar-refractivity contribution >= 4 is 212 Å². The minimum absolute atomic E-state index is 0.968. The van der Waals surface area contributed by atoms with Gasteiger partial charge in [-0.2, -0.15) is 0 Å². The SMILES string of the molecule is c1ccc2c(c1)cc(-c1ccc3c(c1)c1c(ccc4cccnc41)c1nc4ccccc4n31)c1ccccc12.c1ccc2c(c1)cc(-c1ccc3c(c1)c1c(ccc4cccnc41)c1nc4ccccc4n31)c1ccccc12.c1ccc2c(c1)cc(-c1ccc3c(c1)c1c(ccc4cccnc41)c1nc4ccccc4n31)c1ccccc12. The molecular weight excluding hydrogens is 1420 g/mol. The monoisotopic (exact) mass is 1490 g/mol. The van der Waals surface area contributed by atoms with Crippen LogP contribution in [0.15, 0.2) is 383 Å². The number of rotatable bonds is 3. The van der Waals surface area contributed by atoms with E-state index in [0.29, 0.717) is 0 Å². The number of para-hydroxylation sites is 6. The second kappa shape index (κ2) is 25.3. The van der Waals surface area contributed by atoms with Crippen molar-refractivity contribution in [2.45, 2.75) is 0 Å². The minimum atomic E-state index is 0.968. The summed E-state index contributed by atoms with van der Waals surface area (Å²) in [5.74, 6) is 0. The summed E-state index contributed by atoms with van der Waals surface area (Å²) in [6.45, 7) is 0. The summed E-state index contributed by atoms with van der Waals surface area (Å²) in [5, 5.41) is 28.9.